The molecule has 4 nitrogen and oxygen atoms in total. The number of alkyl halides is 2. The van der Waals surface area contributed by atoms with E-state index in [9.17, 15) is 18.4 Å². The lowest BCUT2D eigenvalue weighted by atomic mass is 10.4. The van der Waals surface area contributed by atoms with E-state index in [1.54, 1.807) is 25.9 Å². The summed E-state index contributed by atoms with van der Waals surface area (Å²) in [4.78, 5) is 21.6. The van der Waals surface area contributed by atoms with E-state index >= 15 is 0 Å². The second-order valence-electron chi connectivity index (χ2n) is 4.94. The molecule has 0 atom stereocenters. The first-order valence-electron chi connectivity index (χ1n) is 7.38. The van der Waals surface area contributed by atoms with E-state index in [-0.39, 0.29) is 18.2 Å². The van der Waals surface area contributed by atoms with Crippen LogP contribution in [0.4, 0.5) is 8.78 Å². The molecule has 21 heavy (non-hydrogen) atoms. The highest BCUT2D eigenvalue weighted by atomic mass is 19.3. The summed E-state index contributed by atoms with van der Waals surface area (Å²) in [6.07, 6.45) is 1.88. The van der Waals surface area contributed by atoms with Crippen LogP contribution in [0.5, 0.6) is 0 Å². The maximum Gasteiger partial charge on any atom is 0.238 e. The SMILES string of the molecule is CC1CC1.CCC(=O)N(C)C.CCC(F)F.CCC(N)=O. The minimum absolute atomic E-state index is 0.0278. The van der Waals surface area contributed by atoms with Gasteiger partial charge in [-0.1, -0.05) is 40.5 Å². The molecule has 1 aliphatic rings. The van der Waals surface area contributed by atoms with Crippen LogP contribution in [-0.4, -0.2) is 37.2 Å². The lowest BCUT2D eigenvalue weighted by Gasteiger charge is -2.05. The van der Waals surface area contributed by atoms with Crippen molar-refractivity contribution in [2.45, 2.75) is 66.2 Å². The predicted molar refractivity (Wildman–Crippen MR) is 83.2 cm³/mol. The van der Waals surface area contributed by atoms with E-state index in [1.165, 1.54) is 19.8 Å². The van der Waals surface area contributed by atoms with Crippen LogP contribution in [0.1, 0.15) is 59.8 Å². The quantitative estimate of drug-likeness (QED) is 0.868. The van der Waals surface area contributed by atoms with Gasteiger partial charge in [0, 0.05) is 33.4 Å². The molecule has 0 aromatic rings. The van der Waals surface area contributed by atoms with Gasteiger partial charge < -0.3 is 10.6 Å². The average molecular weight is 310 g/mol. The number of nitrogens with two attached hydrogens (primary N) is 1. The zero-order valence-electron chi connectivity index (χ0n) is 14.3. The molecule has 1 rings (SSSR count). The molecule has 6 heteroatoms. The maximum atomic E-state index is 10.8. The van der Waals surface area contributed by atoms with E-state index < -0.39 is 6.43 Å². The van der Waals surface area contributed by atoms with Gasteiger partial charge >= 0.3 is 0 Å². The molecular weight excluding hydrogens is 278 g/mol. The standard InChI is InChI=1S/C5H11NO.C4H8.C3H6F2.C3H7NO/c1-4-5(7)6(2)3;1-4-2-3-4;2*1-2-3(4)5/h4H2,1-3H3;4H,2-3H2,1H3;3H,2H2,1H3;2H2,1H3,(H2,4,5). The van der Waals surface area contributed by atoms with Gasteiger partial charge in [0.1, 0.15) is 0 Å². The van der Waals surface area contributed by atoms with E-state index in [4.69, 9.17) is 0 Å². The number of amides is 2. The van der Waals surface area contributed by atoms with Gasteiger partial charge in [0.15, 0.2) is 0 Å². The summed E-state index contributed by atoms with van der Waals surface area (Å²) in [5, 5.41) is 0. The van der Waals surface area contributed by atoms with Crippen molar-refractivity contribution in [3.8, 4) is 0 Å². The lowest BCUT2D eigenvalue weighted by Crippen LogP contribution is -2.19. The Labute approximate surface area is 128 Å². The van der Waals surface area contributed by atoms with Gasteiger partial charge in [0.05, 0.1) is 0 Å². The molecule has 0 aromatic carbocycles. The van der Waals surface area contributed by atoms with Gasteiger partial charge in [-0.15, -0.1) is 0 Å². The summed E-state index contributed by atoms with van der Waals surface area (Å²) in [6.45, 7) is 7.30. The summed E-state index contributed by atoms with van der Waals surface area (Å²) in [6, 6.07) is 0. The molecule has 0 saturated heterocycles. The van der Waals surface area contributed by atoms with E-state index in [1.807, 2.05) is 6.92 Å². The van der Waals surface area contributed by atoms with Crippen LogP contribution in [0.25, 0.3) is 0 Å². The smallest absolute Gasteiger partial charge is 0.238 e. The minimum Gasteiger partial charge on any atom is -0.370 e. The zero-order chi connectivity index (χ0) is 17.4. The van der Waals surface area contributed by atoms with E-state index in [0.717, 1.165) is 5.92 Å². The van der Waals surface area contributed by atoms with Gasteiger partial charge in [-0.05, 0) is 5.92 Å². The second-order valence-corrected chi connectivity index (χ2v) is 4.94. The van der Waals surface area contributed by atoms with Crippen LogP contribution in [0.3, 0.4) is 0 Å². The third kappa shape index (κ3) is 38.1. The molecule has 0 heterocycles. The van der Waals surface area contributed by atoms with E-state index in [2.05, 4.69) is 12.7 Å². The van der Waals surface area contributed by atoms with E-state index in [0.29, 0.717) is 12.8 Å². The summed E-state index contributed by atoms with van der Waals surface area (Å²) < 4.78 is 21.5. The van der Waals surface area contributed by atoms with Crippen molar-refractivity contribution >= 4 is 11.8 Å². The number of hydrogen-bond acceptors (Lipinski definition) is 2. The Bertz CT molecular complexity index is 256. The highest BCUT2D eigenvalue weighted by molar-refractivity contribution is 5.75. The third-order valence-corrected chi connectivity index (χ3v) is 2.32. The number of hydrogen-bond donors (Lipinski definition) is 1. The molecule has 0 aliphatic heterocycles. The first-order chi connectivity index (χ1) is 9.61. The predicted octanol–water partition coefficient (Wildman–Crippen LogP) is 3.44. The van der Waals surface area contributed by atoms with Crippen LogP contribution < -0.4 is 5.73 Å². The minimum atomic E-state index is -2.12. The molecule has 0 unspecified atom stereocenters. The van der Waals surface area contributed by atoms with Crippen molar-refractivity contribution in [3.63, 3.8) is 0 Å². The molecule has 1 fully saturated rings. The molecule has 0 bridgehead atoms. The zero-order valence-corrected chi connectivity index (χ0v) is 14.3. The Morgan fingerprint density at radius 2 is 1.43 bits per heavy atom. The number of halogens is 2. The van der Waals surface area contributed by atoms with Crippen molar-refractivity contribution in [3.05, 3.63) is 0 Å². The first-order valence-corrected chi connectivity index (χ1v) is 7.38. The van der Waals surface area contributed by atoms with Crippen molar-refractivity contribution in [1.29, 1.82) is 0 Å². The maximum absolute atomic E-state index is 10.8. The first kappa shape index (κ1) is 24.8. The summed E-state index contributed by atoms with van der Waals surface area (Å²) >= 11 is 0. The fourth-order valence-corrected chi connectivity index (χ4v) is 0.483. The van der Waals surface area contributed by atoms with Crippen LogP contribution in [0, 0.1) is 5.92 Å². The third-order valence-electron chi connectivity index (χ3n) is 2.32. The number of carbonyl (C=O) groups excluding carboxylic acids is 2. The number of carbonyl (C=O) groups is 2. The fraction of sp³-hybridized carbons (Fsp3) is 0.867. The molecule has 2 amide bonds. The number of rotatable bonds is 3. The topological polar surface area (TPSA) is 63.4 Å². The second kappa shape index (κ2) is 16.9. The molecular formula is C15H32F2N2O2. The number of nitrogens with zero attached hydrogens (tertiary/aromatic N) is 1. The van der Waals surface area contributed by atoms with Gasteiger partial charge in [-0.25, -0.2) is 8.78 Å². The van der Waals surface area contributed by atoms with Crippen LogP contribution in [0.2, 0.25) is 0 Å². The van der Waals surface area contributed by atoms with Crippen molar-refractivity contribution < 1.29 is 18.4 Å². The van der Waals surface area contributed by atoms with Gasteiger partial charge in [-0.3, -0.25) is 9.59 Å². The highest BCUT2D eigenvalue weighted by Crippen LogP contribution is 2.26. The van der Waals surface area contributed by atoms with Crippen LogP contribution in [0.15, 0.2) is 0 Å². The Morgan fingerprint density at radius 3 is 1.43 bits per heavy atom. The summed E-state index contributed by atoms with van der Waals surface area (Å²) in [5.74, 6) is 1.02. The normalized spacial score (nSPS) is 11.9. The monoisotopic (exact) mass is 310 g/mol. The summed E-state index contributed by atoms with van der Waals surface area (Å²) in [7, 11) is 3.51. The van der Waals surface area contributed by atoms with Crippen molar-refractivity contribution in [2.75, 3.05) is 14.1 Å². The van der Waals surface area contributed by atoms with Gasteiger partial charge in [0.2, 0.25) is 18.2 Å². The van der Waals surface area contributed by atoms with Crippen LogP contribution in [-0.2, 0) is 9.59 Å². The van der Waals surface area contributed by atoms with Crippen molar-refractivity contribution in [1.82, 2.24) is 4.90 Å². The van der Waals surface area contributed by atoms with Crippen molar-refractivity contribution in [2.24, 2.45) is 11.7 Å². The van der Waals surface area contributed by atoms with Gasteiger partial charge in [-0.2, -0.15) is 0 Å². The highest BCUT2D eigenvalue weighted by Gasteiger charge is 2.12. The lowest BCUT2D eigenvalue weighted by molar-refractivity contribution is -0.128. The average Bonchev–Trinajstić information content (AvgIpc) is 3.21. The fourth-order valence-electron chi connectivity index (χ4n) is 0.483. The molecule has 0 spiro atoms. The summed E-state index contributed by atoms with van der Waals surface area (Å²) in [5.41, 5.74) is 4.65. The molecule has 1 saturated carbocycles. The Kier molecular flexibility index (Phi) is 19.9. The van der Waals surface area contributed by atoms with Crippen LogP contribution >= 0.6 is 0 Å². The Morgan fingerprint density at radius 1 is 1.14 bits per heavy atom. The Hall–Kier alpha value is -1.20. The number of primary amides is 1. The molecule has 2 N–H and O–H groups in total. The molecule has 1 aliphatic carbocycles. The molecule has 0 aromatic heterocycles. The van der Waals surface area contributed by atoms with Gasteiger partial charge in [0.25, 0.3) is 0 Å². The molecule has 128 valence electrons. The largest absolute Gasteiger partial charge is 0.370 e. The Balaban J connectivity index is -0.000000209. The molecule has 0 radical (unpaired) electrons.